The predicted molar refractivity (Wildman–Crippen MR) is 113 cm³/mol. The van der Waals surface area contributed by atoms with Gasteiger partial charge in [-0.3, -0.25) is 9.59 Å². The molecular formula is C24H17N3O3. The van der Waals surface area contributed by atoms with Crippen molar-refractivity contribution >= 4 is 29.1 Å². The van der Waals surface area contributed by atoms with Gasteiger partial charge in [0.1, 0.15) is 0 Å². The topological polar surface area (TPSA) is 87.3 Å². The summed E-state index contributed by atoms with van der Waals surface area (Å²) in [5.74, 6) is -0.805. The highest BCUT2D eigenvalue weighted by Crippen LogP contribution is 2.45. The average Bonchev–Trinajstić information content (AvgIpc) is 3.05. The average molecular weight is 395 g/mol. The van der Waals surface area contributed by atoms with Crippen LogP contribution in [0.2, 0.25) is 0 Å². The van der Waals surface area contributed by atoms with E-state index < -0.39 is 17.5 Å². The van der Waals surface area contributed by atoms with Gasteiger partial charge in [0.2, 0.25) is 0 Å². The van der Waals surface area contributed by atoms with Gasteiger partial charge >= 0.3 is 6.03 Å². The number of hydrogen-bond acceptors (Lipinski definition) is 3. The Morgan fingerprint density at radius 3 is 2.10 bits per heavy atom. The van der Waals surface area contributed by atoms with Crippen molar-refractivity contribution in [2.75, 3.05) is 5.32 Å². The van der Waals surface area contributed by atoms with Crippen LogP contribution in [-0.4, -0.2) is 17.7 Å². The Balaban J connectivity index is 1.85. The van der Waals surface area contributed by atoms with E-state index in [-0.39, 0.29) is 11.4 Å². The lowest BCUT2D eigenvalue weighted by Gasteiger charge is -2.36. The molecule has 1 spiro atoms. The van der Waals surface area contributed by atoms with E-state index in [2.05, 4.69) is 16.0 Å². The second-order valence-corrected chi connectivity index (χ2v) is 7.14. The summed E-state index contributed by atoms with van der Waals surface area (Å²) in [6.45, 7) is 0. The van der Waals surface area contributed by atoms with Gasteiger partial charge in [0.05, 0.1) is 11.3 Å². The molecule has 3 N–H and O–H groups in total. The van der Waals surface area contributed by atoms with Crippen LogP contribution >= 0.6 is 0 Å². The Morgan fingerprint density at radius 2 is 1.37 bits per heavy atom. The molecule has 6 heteroatoms. The monoisotopic (exact) mass is 395 g/mol. The van der Waals surface area contributed by atoms with E-state index in [4.69, 9.17) is 0 Å². The molecule has 2 aliphatic rings. The molecule has 2 heterocycles. The Kier molecular flexibility index (Phi) is 3.99. The molecule has 3 amide bonds. The number of fused-ring (bicyclic) bond motifs is 2. The molecule has 2 aliphatic heterocycles. The van der Waals surface area contributed by atoms with Crippen molar-refractivity contribution in [1.29, 1.82) is 0 Å². The summed E-state index contributed by atoms with van der Waals surface area (Å²) in [6.07, 6.45) is 0. The Bertz CT molecular complexity index is 1220. The fraction of sp³-hybridized carbons (Fsp3) is 0.0417. The third-order valence-electron chi connectivity index (χ3n) is 5.41. The fourth-order valence-corrected chi connectivity index (χ4v) is 4.10. The van der Waals surface area contributed by atoms with Crippen LogP contribution in [0.1, 0.15) is 21.5 Å². The molecule has 30 heavy (non-hydrogen) atoms. The van der Waals surface area contributed by atoms with Gasteiger partial charge in [0.25, 0.3) is 5.91 Å². The minimum atomic E-state index is -1.63. The molecule has 0 saturated carbocycles. The number of anilines is 1. The summed E-state index contributed by atoms with van der Waals surface area (Å²) in [4.78, 5) is 39.8. The lowest BCUT2D eigenvalue weighted by Crippen LogP contribution is -2.60. The molecule has 146 valence electrons. The van der Waals surface area contributed by atoms with Crippen molar-refractivity contribution in [1.82, 2.24) is 10.6 Å². The number of nitrogens with one attached hydrogen (secondary N) is 3. The van der Waals surface area contributed by atoms with Crippen molar-refractivity contribution in [2.24, 2.45) is 0 Å². The number of Topliss-reactive ketones (excluding diaryl/α,β-unsaturated/α-hetero) is 1. The van der Waals surface area contributed by atoms with Crippen LogP contribution in [0.25, 0.3) is 5.70 Å². The lowest BCUT2D eigenvalue weighted by molar-refractivity contribution is -0.120. The van der Waals surface area contributed by atoms with Crippen LogP contribution in [0.5, 0.6) is 0 Å². The number of carbonyl (C=O) groups is 3. The van der Waals surface area contributed by atoms with E-state index in [9.17, 15) is 14.4 Å². The third kappa shape index (κ3) is 2.54. The number of urea groups is 1. The van der Waals surface area contributed by atoms with Crippen molar-refractivity contribution in [3.05, 3.63) is 107 Å². The number of hydrogen-bond donors (Lipinski definition) is 3. The highest BCUT2D eigenvalue weighted by Gasteiger charge is 2.56. The molecule has 0 aromatic heterocycles. The summed E-state index contributed by atoms with van der Waals surface area (Å²) in [7, 11) is 0. The van der Waals surface area contributed by atoms with Crippen molar-refractivity contribution in [2.45, 2.75) is 5.54 Å². The number of ketones is 1. The van der Waals surface area contributed by atoms with Crippen molar-refractivity contribution in [3.63, 3.8) is 0 Å². The highest BCUT2D eigenvalue weighted by molar-refractivity contribution is 6.25. The minimum absolute atomic E-state index is 0.182. The van der Waals surface area contributed by atoms with Crippen LogP contribution in [0.15, 0.2) is 90.5 Å². The summed E-state index contributed by atoms with van der Waals surface area (Å²) in [5, 5.41) is 8.34. The van der Waals surface area contributed by atoms with E-state index >= 15 is 0 Å². The van der Waals surface area contributed by atoms with E-state index in [1.807, 2.05) is 24.3 Å². The van der Waals surface area contributed by atoms with E-state index in [0.29, 0.717) is 28.1 Å². The molecule has 1 atom stereocenters. The van der Waals surface area contributed by atoms with Gasteiger partial charge in [0, 0.05) is 16.8 Å². The van der Waals surface area contributed by atoms with E-state index in [1.54, 1.807) is 60.7 Å². The van der Waals surface area contributed by atoms with Crippen LogP contribution < -0.4 is 16.0 Å². The Labute approximate surface area is 172 Å². The lowest BCUT2D eigenvalue weighted by atomic mass is 9.76. The molecule has 0 aliphatic carbocycles. The highest BCUT2D eigenvalue weighted by atomic mass is 16.2. The maximum Gasteiger partial charge on any atom is 0.320 e. The van der Waals surface area contributed by atoms with E-state index in [0.717, 1.165) is 0 Å². The standard InChI is InChI=1S/C24H17N3O3/c28-21(16-11-5-2-6-12-16)19-20(15-9-3-1-4-10-15)26-23(30)27-24(19)17-13-7-8-14-18(17)25-22(24)29/h1-14H,(H,25,29)(H2,26,27,30). The minimum Gasteiger partial charge on any atom is -0.323 e. The first-order valence-electron chi connectivity index (χ1n) is 9.51. The Hall–Kier alpha value is -4.19. The van der Waals surface area contributed by atoms with Crippen molar-refractivity contribution < 1.29 is 14.4 Å². The molecule has 5 rings (SSSR count). The number of rotatable bonds is 3. The molecule has 3 aromatic carbocycles. The zero-order chi connectivity index (χ0) is 20.7. The normalized spacial score (nSPS) is 19.7. The smallest absolute Gasteiger partial charge is 0.320 e. The summed E-state index contributed by atoms with van der Waals surface area (Å²) >= 11 is 0. The van der Waals surface area contributed by atoms with Crippen LogP contribution in [0.4, 0.5) is 10.5 Å². The predicted octanol–water partition coefficient (Wildman–Crippen LogP) is 3.44. The summed E-state index contributed by atoms with van der Waals surface area (Å²) in [6, 6.07) is 24.3. The summed E-state index contributed by atoms with van der Waals surface area (Å²) < 4.78 is 0. The Morgan fingerprint density at radius 1 is 0.733 bits per heavy atom. The molecule has 6 nitrogen and oxygen atoms in total. The first-order chi connectivity index (χ1) is 14.6. The van der Waals surface area contributed by atoms with Gasteiger partial charge in [-0.25, -0.2) is 4.79 Å². The maximum atomic E-state index is 13.8. The molecule has 1 unspecified atom stereocenters. The van der Waals surface area contributed by atoms with Gasteiger partial charge in [-0.05, 0) is 11.6 Å². The molecule has 3 aromatic rings. The first kappa shape index (κ1) is 17.9. The van der Waals surface area contributed by atoms with Gasteiger partial charge in [-0.15, -0.1) is 0 Å². The quantitative estimate of drug-likeness (QED) is 0.594. The fourth-order valence-electron chi connectivity index (χ4n) is 4.10. The molecular weight excluding hydrogens is 378 g/mol. The van der Waals surface area contributed by atoms with Crippen LogP contribution in [0, 0.1) is 0 Å². The molecule has 0 saturated heterocycles. The molecule has 0 bridgehead atoms. The number of benzene rings is 3. The van der Waals surface area contributed by atoms with Gasteiger partial charge < -0.3 is 16.0 Å². The largest absolute Gasteiger partial charge is 0.323 e. The van der Waals surface area contributed by atoms with Gasteiger partial charge in [-0.2, -0.15) is 0 Å². The first-order valence-corrected chi connectivity index (χ1v) is 9.51. The van der Waals surface area contributed by atoms with Crippen LogP contribution in [-0.2, 0) is 10.3 Å². The second kappa shape index (κ2) is 6.70. The zero-order valence-electron chi connectivity index (χ0n) is 15.8. The van der Waals surface area contributed by atoms with E-state index in [1.165, 1.54) is 0 Å². The zero-order valence-corrected chi connectivity index (χ0v) is 15.8. The number of carbonyl (C=O) groups excluding carboxylic acids is 3. The molecule has 0 fully saturated rings. The van der Waals surface area contributed by atoms with Gasteiger partial charge in [0.15, 0.2) is 11.3 Å². The number of amides is 3. The van der Waals surface area contributed by atoms with Gasteiger partial charge in [-0.1, -0.05) is 78.9 Å². The number of para-hydroxylation sites is 1. The second-order valence-electron chi connectivity index (χ2n) is 7.14. The summed E-state index contributed by atoms with van der Waals surface area (Å²) in [5.41, 5.74) is 1.05. The maximum absolute atomic E-state index is 13.8. The SMILES string of the molecule is O=C1NC(c2ccccc2)=C(C(=O)c2ccccc2)C2(N1)C(=O)Nc1ccccc12. The van der Waals surface area contributed by atoms with Crippen LogP contribution in [0.3, 0.4) is 0 Å². The third-order valence-corrected chi connectivity index (χ3v) is 5.41. The van der Waals surface area contributed by atoms with Crippen molar-refractivity contribution in [3.8, 4) is 0 Å². The molecule has 0 radical (unpaired) electrons.